The molecule has 0 amide bonds. The standard InChI is InChI=1S/C55H67BN2/c1-33-25-47-49-48(26-33)58(45-30-41-38(27-34(45)2)54(13,14)32-55(41,15)16)46-31-40-39(52(9,10)23-24-53(40,11)12)29-43(46)56(49)42-28-36(51(6,7)8)19-22-44(42)57(47)37-20-17-35(18-21-37)50(3,4)5/h17-22,25-31H,23-24,32H2,1-16H3/i1D3. The van der Waals surface area contributed by atoms with Crippen LogP contribution in [0.15, 0.2) is 78.9 Å². The molecule has 0 N–H and O–H groups in total. The minimum absolute atomic E-state index is 0.00359. The van der Waals surface area contributed by atoms with Crippen molar-refractivity contribution in [1.29, 1.82) is 0 Å². The lowest BCUT2D eigenvalue weighted by Gasteiger charge is -2.48. The van der Waals surface area contributed by atoms with E-state index in [-0.39, 0.29) is 39.2 Å². The van der Waals surface area contributed by atoms with Crippen molar-refractivity contribution in [3.05, 3.63) is 123 Å². The molecule has 0 saturated heterocycles. The number of nitrogens with zero attached hydrogens (tertiary/aromatic N) is 2. The summed E-state index contributed by atoms with van der Waals surface area (Å²) in [6.07, 6.45) is 3.32. The van der Waals surface area contributed by atoms with Gasteiger partial charge in [-0.3, -0.25) is 0 Å². The second kappa shape index (κ2) is 12.2. The molecule has 58 heavy (non-hydrogen) atoms. The van der Waals surface area contributed by atoms with E-state index in [1.165, 1.54) is 61.0 Å². The fourth-order valence-electron chi connectivity index (χ4n) is 11.5. The van der Waals surface area contributed by atoms with Crippen molar-refractivity contribution < 1.29 is 4.11 Å². The van der Waals surface area contributed by atoms with Crippen molar-refractivity contribution in [2.75, 3.05) is 9.80 Å². The Balaban J connectivity index is 1.45. The highest BCUT2D eigenvalue weighted by molar-refractivity contribution is 7.00. The van der Waals surface area contributed by atoms with Gasteiger partial charge < -0.3 is 9.80 Å². The van der Waals surface area contributed by atoms with Crippen molar-refractivity contribution in [1.82, 2.24) is 0 Å². The van der Waals surface area contributed by atoms with Crippen LogP contribution in [0.5, 0.6) is 0 Å². The maximum atomic E-state index is 9.01. The van der Waals surface area contributed by atoms with Crippen LogP contribution in [0.3, 0.4) is 0 Å². The molecule has 9 rings (SSSR count). The molecule has 300 valence electrons. The zero-order chi connectivity index (χ0) is 44.4. The Kier molecular flexibility index (Phi) is 7.49. The van der Waals surface area contributed by atoms with Gasteiger partial charge in [-0.15, -0.1) is 0 Å². The quantitative estimate of drug-likeness (QED) is 0.162. The third-order valence-electron chi connectivity index (χ3n) is 14.8. The molecule has 2 aliphatic heterocycles. The van der Waals surface area contributed by atoms with Crippen molar-refractivity contribution in [2.24, 2.45) is 0 Å². The van der Waals surface area contributed by atoms with E-state index in [0.717, 1.165) is 47.7 Å². The summed E-state index contributed by atoms with van der Waals surface area (Å²) in [7, 11) is 0. The maximum absolute atomic E-state index is 9.01. The van der Waals surface area contributed by atoms with Crippen LogP contribution in [0.2, 0.25) is 0 Å². The molecule has 0 aromatic heterocycles. The minimum atomic E-state index is -2.33. The minimum Gasteiger partial charge on any atom is -0.311 e. The molecule has 2 nitrogen and oxygen atoms in total. The number of hydrogen-bond acceptors (Lipinski definition) is 2. The highest BCUT2D eigenvalue weighted by atomic mass is 15.2. The van der Waals surface area contributed by atoms with Crippen LogP contribution in [-0.2, 0) is 32.5 Å². The number of anilines is 6. The number of rotatable bonds is 2. The molecule has 5 aromatic rings. The van der Waals surface area contributed by atoms with Crippen molar-refractivity contribution >= 4 is 57.2 Å². The summed E-state index contributed by atoms with van der Waals surface area (Å²) < 4.78 is 27.0. The van der Waals surface area contributed by atoms with E-state index >= 15 is 0 Å². The summed E-state index contributed by atoms with van der Waals surface area (Å²) in [5.74, 6) is 0. The maximum Gasteiger partial charge on any atom is 0.252 e. The Morgan fingerprint density at radius 2 is 1.02 bits per heavy atom. The number of hydrogen-bond donors (Lipinski definition) is 0. The number of benzene rings is 5. The van der Waals surface area contributed by atoms with E-state index in [1.807, 2.05) is 12.1 Å². The summed E-state index contributed by atoms with van der Waals surface area (Å²) >= 11 is 0. The molecule has 0 saturated carbocycles. The molecule has 0 bridgehead atoms. The molecule has 0 radical (unpaired) electrons. The average molecular weight is 770 g/mol. The summed E-state index contributed by atoms with van der Waals surface area (Å²) in [6.45, 7) is 32.8. The molecular formula is C55H67BN2. The summed E-state index contributed by atoms with van der Waals surface area (Å²) in [4.78, 5) is 4.86. The summed E-state index contributed by atoms with van der Waals surface area (Å²) in [5.41, 5.74) is 19.8. The highest BCUT2D eigenvalue weighted by Crippen LogP contribution is 2.54. The van der Waals surface area contributed by atoms with E-state index in [0.29, 0.717) is 5.56 Å². The summed E-state index contributed by atoms with van der Waals surface area (Å²) in [5, 5.41) is 0. The second-order valence-corrected chi connectivity index (χ2v) is 23.2. The average Bonchev–Trinajstić information content (AvgIpc) is 3.32. The van der Waals surface area contributed by atoms with E-state index in [9.17, 15) is 0 Å². The first-order valence-corrected chi connectivity index (χ1v) is 21.9. The van der Waals surface area contributed by atoms with E-state index in [1.54, 1.807) is 0 Å². The molecular weight excluding hydrogens is 699 g/mol. The van der Waals surface area contributed by atoms with Gasteiger partial charge in [0.1, 0.15) is 0 Å². The van der Waals surface area contributed by atoms with E-state index in [2.05, 4.69) is 180 Å². The Bertz CT molecular complexity index is 2650. The predicted octanol–water partition coefficient (Wildman–Crippen LogP) is 13.3. The van der Waals surface area contributed by atoms with Gasteiger partial charge in [0, 0.05) is 38.2 Å². The van der Waals surface area contributed by atoms with Crippen molar-refractivity contribution in [3.63, 3.8) is 0 Å². The summed E-state index contributed by atoms with van der Waals surface area (Å²) in [6, 6.07) is 30.1. The highest BCUT2D eigenvalue weighted by Gasteiger charge is 2.48. The molecule has 2 aliphatic carbocycles. The van der Waals surface area contributed by atoms with Crippen molar-refractivity contribution in [2.45, 2.75) is 162 Å². The monoisotopic (exact) mass is 770 g/mol. The molecule has 5 aromatic carbocycles. The Labute approximate surface area is 355 Å². The lowest BCUT2D eigenvalue weighted by atomic mass is 9.33. The van der Waals surface area contributed by atoms with Crippen LogP contribution < -0.4 is 26.2 Å². The SMILES string of the molecule is [2H]C([2H])([2H])c1cc2c3c(c1)N(c1cc4c(cc1C)C(C)(C)CC4(C)C)c1cc4c(cc1B3c1cc(C(C)(C)C)ccc1N2c1ccc(C(C)(C)C)cc1)C(C)(C)CCC4(C)C. The Morgan fingerprint density at radius 3 is 1.60 bits per heavy atom. The van der Waals surface area contributed by atoms with Crippen LogP contribution in [-0.4, -0.2) is 6.71 Å². The van der Waals surface area contributed by atoms with Gasteiger partial charge in [0.15, 0.2) is 0 Å². The molecule has 2 heterocycles. The first-order chi connectivity index (χ1) is 28.0. The van der Waals surface area contributed by atoms with E-state index in [4.69, 9.17) is 4.11 Å². The Hall–Kier alpha value is -4.24. The van der Waals surface area contributed by atoms with Gasteiger partial charge in [0.2, 0.25) is 0 Å². The van der Waals surface area contributed by atoms with Gasteiger partial charge in [-0.2, -0.15) is 0 Å². The first kappa shape index (κ1) is 35.7. The fourth-order valence-corrected chi connectivity index (χ4v) is 11.5. The van der Waals surface area contributed by atoms with Crippen LogP contribution >= 0.6 is 0 Å². The molecule has 0 unspecified atom stereocenters. The third kappa shape index (κ3) is 5.79. The largest absolute Gasteiger partial charge is 0.311 e. The topological polar surface area (TPSA) is 6.48 Å². The fraction of sp³-hybridized carbons (Fsp3) is 0.455. The van der Waals surface area contributed by atoms with E-state index < -0.39 is 6.85 Å². The third-order valence-corrected chi connectivity index (χ3v) is 14.8. The first-order valence-electron chi connectivity index (χ1n) is 23.4. The smallest absolute Gasteiger partial charge is 0.252 e. The van der Waals surface area contributed by atoms with Gasteiger partial charge in [0.05, 0.1) is 0 Å². The van der Waals surface area contributed by atoms with Crippen molar-refractivity contribution in [3.8, 4) is 0 Å². The molecule has 0 fully saturated rings. The normalized spacial score (nSPS) is 20.3. The van der Waals surface area contributed by atoms with Gasteiger partial charge in [-0.05, 0) is 169 Å². The molecule has 0 atom stereocenters. The van der Waals surface area contributed by atoms with Crippen LogP contribution in [0.4, 0.5) is 34.1 Å². The molecule has 3 heteroatoms. The Morgan fingerprint density at radius 1 is 0.517 bits per heavy atom. The van der Waals surface area contributed by atoms with Crippen LogP contribution in [0, 0.1) is 13.8 Å². The number of aryl methyl sites for hydroxylation is 2. The van der Waals surface area contributed by atoms with Gasteiger partial charge >= 0.3 is 0 Å². The van der Waals surface area contributed by atoms with Gasteiger partial charge in [-0.1, -0.05) is 133 Å². The number of fused-ring (bicyclic) bond motifs is 6. The zero-order valence-corrected chi connectivity index (χ0v) is 38.1. The van der Waals surface area contributed by atoms with Gasteiger partial charge in [-0.25, -0.2) is 0 Å². The van der Waals surface area contributed by atoms with Gasteiger partial charge in [0.25, 0.3) is 6.71 Å². The predicted molar refractivity (Wildman–Crippen MR) is 253 cm³/mol. The molecule has 4 aliphatic rings. The van der Waals surface area contributed by atoms with Crippen LogP contribution in [0.25, 0.3) is 0 Å². The molecule has 0 spiro atoms. The zero-order valence-electron chi connectivity index (χ0n) is 41.1. The van der Waals surface area contributed by atoms with Crippen LogP contribution in [0.1, 0.15) is 165 Å². The lowest BCUT2D eigenvalue weighted by Crippen LogP contribution is -2.62. The second-order valence-electron chi connectivity index (χ2n) is 23.2. The lowest BCUT2D eigenvalue weighted by molar-refractivity contribution is 0.332.